The predicted molar refractivity (Wildman–Crippen MR) is 77.0 cm³/mol. The molecule has 0 aliphatic rings. The molecule has 0 saturated heterocycles. The van der Waals surface area contributed by atoms with Crippen LogP contribution < -0.4 is 10.2 Å². The van der Waals surface area contributed by atoms with Crippen molar-refractivity contribution >= 4 is 27.9 Å². The van der Waals surface area contributed by atoms with Crippen LogP contribution in [0.3, 0.4) is 0 Å². The van der Waals surface area contributed by atoms with Gasteiger partial charge in [0, 0.05) is 24.0 Å². The van der Waals surface area contributed by atoms with Crippen LogP contribution in [-0.2, 0) is 9.59 Å². The Morgan fingerprint density at radius 1 is 0.900 bits per heavy atom. The highest BCUT2D eigenvalue weighted by Gasteiger charge is 2.53. The second kappa shape index (κ2) is 6.43. The zero-order chi connectivity index (χ0) is 16.4. The van der Waals surface area contributed by atoms with E-state index in [1.807, 2.05) is 41.5 Å². The molecule has 0 radical (unpaired) electrons. The van der Waals surface area contributed by atoms with Crippen LogP contribution in [0.1, 0.15) is 41.5 Å². The zero-order valence-electron chi connectivity index (χ0n) is 13.1. The Labute approximate surface area is 129 Å². The van der Waals surface area contributed by atoms with Gasteiger partial charge in [-0.1, -0.05) is 57.5 Å². The summed E-state index contributed by atoms with van der Waals surface area (Å²) < 4.78 is 0. The van der Waals surface area contributed by atoms with Gasteiger partial charge in [0.2, 0.25) is 0 Å². The number of rotatable bonds is 6. The molecule has 0 aromatic heterocycles. The first-order chi connectivity index (χ1) is 8.79. The van der Waals surface area contributed by atoms with Crippen molar-refractivity contribution < 1.29 is 19.8 Å². The molecule has 0 aliphatic carbocycles. The molecule has 0 amide bonds. The van der Waals surface area contributed by atoms with Crippen molar-refractivity contribution in [3.8, 4) is 0 Å². The number of hydrogen-bond acceptors (Lipinski definition) is 5. The Bertz CT molecular complexity index is 338. The predicted octanol–water partition coefficient (Wildman–Crippen LogP) is 0.0141. The molecule has 0 aliphatic heterocycles. The Morgan fingerprint density at radius 3 is 1.35 bits per heavy atom. The van der Waals surface area contributed by atoms with Gasteiger partial charge in [-0.05, 0) is 10.8 Å². The van der Waals surface area contributed by atoms with Gasteiger partial charge < -0.3 is 19.8 Å². The summed E-state index contributed by atoms with van der Waals surface area (Å²) in [5.74, 6) is -2.60. The lowest BCUT2D eigenvalue weighted by Crippen LogP contribution is -2.68. The van der Waals surface area contributed by atoms with E-state index in [1.165, 1.54) is 4.90 Å². The van der Waals surface area contributed by atoms with Crippen molar-refractivity contribution in [1.29, 1.82) is 0 Å². The minimum Gasteiger partial charge on any atom is -0.549 e. The molecule has 0 unspecified atom stereocenters. The van der Waals surface area contributed by atoms with Gasteiger partial charge in [0.05, 0.1) is 11.9 Å². The zero-order valence-corrected chi connectivity index (χ0v) is 14.7. The van der Waals surface area contributed by atoms with Crippen molar-refractivity contribution in [2.75, 3.05) is 18.4 Å². The van der Waals surface area contributed by atoms with Crippen molar-refractivity contribution in [3.05, 3.63) is 0 Å². The molecular weight excluding hydrogens is 326 g/mol. The summed E-state index contributed by atoms with van der Waals surface area (Å²) in [4.78, 5) is 23.5. The van der Waals surface area contributed by atoms with Crippen LogP contribution in [0.5, 0.6) is 0 Å². The summed E-state index contributed by atoms with van der Waals surface area (Å²) in [7, 11) is 0. The summed E-state index contributed by atoms with van der Waals surface area (Å²) in [5, 5.41) is 22.5. The fourth-order valence-electron chi connectivity index (χ4n) is 3.20. The maximum absolute atomic E-state index is 11.0. The Morgan fingerprint density at radius 2 is 1.20 bits per heavy atom. The molecule has 0 heterocycles. The number of carboxylic acid groups (broad SMARTS) is 2. The van der Waals surface area contributed by atoms with Crippen LogP contribution in [0, 0.1) is 10.8 Å². The highest BCUT2D eigenvalue weighted by Crippen LogP contribution is 2.49. The van der Waals surface area contributed by atoms with E-state index in [0.29, 0.717) is 5.33 Å². The number of carbonyl (C=O) groups excluding carboxylic acids is 2. The van der Waals surface area contributed by atoms with E-state index in [4.69, 9.17) is 0 Å². The lowest BCUT2D eigenvalue weighted by molar-refractivity contribution is -0.314. The summed E-state index contributed by atoms with van der Waals surface area (Å²) in [6.45, 7) is 10.9. The number of aliphatic carboxylic acids is 2. The second-order valence-electron chi connectivity index (χ2n) is 7.09. The molecule has 0 bridgehead atoms. The van der Waals surface area contributed by atoms with E-state index in [9.17, 15) is 19.8 Å². The number of hydrogen-bond donors (Lipinski definition) is 0. The normalized spacial score (nSPS) is 13.6. The first kappa shape index (κ1) is 19.4. The highest BCUT2D eigenvalue weighted by molar-refractivity contribution is 9.09. The van der Waals surface area contributed by atoms with Gasteiger partial charge in [-0.2, -0.15) is 0 Å². The van der Waals surface area contributed by atoms with Gasteiger partial charge in [0.1, 0.15) is 0 Å². The van der Waals surface area contributed by atoms with E-state index in [1.54, 1.807) is 0 Å². The summed E-state index contributed by atoms with van der Waals surface area (Å²) >= 11 is 3.46. The van der Waals surface area contributed by atoms with Crippen LogP contribution in [0.25, 0.3) is 0 Å². The van der Waals surface area contributed by atoms with Crippen LogP contribution in [0.2, 0.25) is 0 Å². The monoisotopic (exact) mass is 349 g/mol. The maximum atomic E-state index is 11.0. The quantitative estimate of drug-likeness (QED) is 0.631. The summed E-state index contributed by atoms with van der Waals surface area (Å²) in [6, 6.07) is 0. The molecule has 0 spiro atoms. The minimum atomic E-state index is -1.30. The second-order valence-corrected chi connectivity index (χ2v) is 7.65. The van der Waals surface area contributed by atoms with Crippen molar-refractivity contribution in [2.24, 2.45) is 10.8 Å². The molecular formula is C14H24BrNO4-2. The van der Waals surface area contributed by atoms with Crippen LogP contribution in [0.15, 0.2) is 0 Å². The van der Waals surface area contributed by atoms with Crippen molar-refractivity contribution in [1.82, 2.24) is 4.90 Å². The molecule has 0 atom stereocenters. The Balaban J connectivity index is 6.00. The van der Waals surface area contributed by atoms with Gasteiger partial charge in [0.15, 0.2) is 0 Å². The average molecular weight is 350 g/mol. The van der Waals surface area contributed by atoms with Gasteiger partial charge >= 0.3 is 0 Å². The third-order valence-electron chi connectivity index (χ3n) is 3.85. The minimum absolute atomic E-state index is 0.361. The number of alkyl halides is 1. The van der Waals surface area contributed by atoms with E-state index < -0.39 is 30.6 Å². The van der Waals surface area contributed by atoms with Gasteiger partial charge in [-0.15, -0.1) is 0 Å². The molecule has 118 valence electrons. The molecule has 0 fully saturated rings. The fraction of sp³-hybridized carbons (Fsp3) is 0.857. The van der Waals surface area contributed by atoms with E-state index in [-0.39, 0.29) is 10.8 Å². The first-order valence-corrected chi connectivity index (χ1v) is 7.62. The SMILES string of the molecule is CC(C)(C)C(CBr)(N(CC(=O)[O-])CC(=O)[O-])C(C)(C)C. The van der Waals surface area contributed by atoms with E-state index >= 15 is 0 Å². The molecule has 0 saturated carbocycles. The molecule has 5 nitrogen and oxygen atoms in total. The third kappa shape index (κ3) is 3.95. The van der Waals surface area contributed by atoms with Crippen molar-refractivity contribution in [3.63, 3.8) is 0 Å². The number of halogens is 1. The van der Waals surface area contributed by atoms with Crippen LogP contribution >= 0.6 is 15.9 Å². The Hall–Kier alpha value is -0.620. The molecule has 0 aromatic carbocycles. The fourth-order valence-corrected chi connectivity index (χ4v) is 5.23. The summed E-state index contributed by atoms with van der Waals surface area (Å²) in [5.41, 5.74) is -1.42. The molecule has 0 N–H and O–H groups in total. The summed E-state index contributed by atoms with van der Waals surface area (Å²) in [6.07, 6.45) is 0. The number of carboxylic acids is 2. The van der Waals surface area contributed by atoms with Crippen molar-refractivity contribution in [2.45, 2.75) is 47.1 Å². The molecule has 0 rings (SSSR count). The maximum Gasteiger partial charge on any atom is 0.0555 e. The Kier molecular flexibility index (Phi) is 6.23. The van der Waals surface area contributed by atoms with Gasteiger partial charge in [-0.3, -0.25) is 4.90 Å². The van der Waals surface area contributed by atoms with Gasteiger partial charge in [0.25, 0.3) is 0 Å². The standard InChI is InChI=1S/C14H26BrNO4/c1-12(2,3)14(9-15,13(4,5)6)16(7-10(17)18)8-11(19)20/h7-9H2,1-6H3,(H,17,18)(H,19,20)/p-2. The molecule has 20 heavy (non-hydrogen) atoms. The highest BCUT2D eigenvalue weighted by atomic mass is 79.9. The van der Waals surface area contributed by atoms with Gasteiger partial charge in [-0.25, -0.2) is 0 Å². The lowest BCUT2D eigenvalue weighted by Gasteiger charge is -2.59. The van der Waals surface area contributed by atoms with Crippen LogP contribution in [-0.4, -0.2) is 40.8 Å². The van der Waals surface area contributed by atoms with Crippen LogP contribution in [0.4, 0.5) is 0 Å². The lowest BCUT2D eigenvalue weighted by atomic mass is 9.60. The first-order valence-electron chi connectivity index (χ1n) is 6.50. The number of carbonyl (C=O) groups is 2. The third-order valence-corrected chi connectivity index (χ3v) is 4.67. The average Bonchev–Trinajstić information content (AvgIpc) is 2.11. The number of nitrogens with zero attached hydrogens (tertiary/aromatic N) is 1. The van der Waals surface area contributed by atoms with E-state index in [2.05, 4.69) is 15.9 Å². The largest absolute Gasteiger partial charge is 0.549 e. The molecule has 0 aromatic rings. The smallest absolute Gasteiger partial charge is 0.0555 e. The topological polar surface area (TPSA) is 83.5 Å². The molecule has 6 heteroatoms. The van der Waals surface area contributed by atoms with E-state index in [0.717, 1.165) is 0 Å².